The lowest BCUT2D eigenvalue weighted by Crippen LogP contribution is -2.41. The summed E-state index contributed by atoms with van der Waals surface area (Å²) in [7, 11) is 0. The Labute approximate surface area is 107 Å². The van der Waals surface area contributed by atoms with Gasteiger partial charge in [0.15, 0.2) is 0 Å². The maximum absolute atomic E-state index is 12.2. The standard InChI is InChI=1S/C13H19N3O2/c1-10(11(2)15)13(17)16(7-4-6-14)9-12-5-3-8-18-12/h3,5,8,10-11H,4,7,9,15H2,1-2H3. The molecule has 2 N–H and O–H groups in total. The van der Waals surface area contributed by atoms with E-state index in [1.54, 1.807) is 31.1 Å². The molecule has 0 saturated heterocycles. The first-order valence-electron chi connectivity index (χ1n) is 6.00. The number of hydrogen-bond acceptors (Lipinski definition) is 4. The molecule has 0 aliphatic rings. The van der Waals surface area contributed by atoms with Crippen molar-refractivity contribution in [1.82, 2.24) is 4.90 Å². The van der Waals surface area contributed by atoms with Gasteiger partial charge in [0.05, 0.1) is 31.2 Å². The molecule has 0 bridgehead atoms. The van der Waals surface area contributed by atoms with E-state index < -0.39 is 0 Å². The number of nitriles is 1. The third-order valence-corrected chi connectivity index (χ3v) is 2.91. The van der Waals surface area contributed by atoms with Crippen molar-refractivity contribution in [2.24, 2.45) is 11.7 Å². The van der Waals surface area contributed by atoms with Crippen LogP contribution in [0.15, 0.2) is 22.8 Å². The lowest BCUT2D eigenvalue weighted by atomic mass is 10.0. The molecule has 98 valence electrons. The minimum absolute atomic E-state index is 0.0448. The molecular weight excluding hydrogens is 230 g/mol. The fraction of sp³-hybridized carbons (Fsp3) is 0.538. The van der Waals surface area contributed by atoms with E-state index in [2.05, 4.69) is 0 Å². The molecule has 1 amide bonds. The van der Waals surface area contributed by atoms with Gasteiger partial charge in [-0.15, -0.1) is 0 Å². The van der Waals surface area contributed by atoms with Crippen LogP contribution in [0.4, 0.5) is 0 Å². The van der Waals surface area contributed by atoms with Crippen LogP contribution in [0.25, 0.3) is 0 Å². The summed E-state index contributed by atoms with van der Waals surface area (Å²) in [5.74, 6) is 0.397. The van der Waals surface area contributed by atoms with Crippen molar-refractivity contribution >= 4 is 5.91 Å². The molecule has 2 unspecified atom stereocenters. The van der Waals surface area contributed by atoms with Gasteiger partial charge in [0.25, 0.3) is 0 Å². The molecule has 2 atom stereocenters. The van der Waals surface area contributed by atoms with E-state index in [0.717, 1.165) is 0 Å². The first-order valence-corrected chi connectivity index (χ1v) is 6.00. The Morgan fingerprint density at radius 3 is 2.83 bits per heavy atom. The molecule has 0 fully saturated rings. The average Bonchev–Trinajstić information content (AvgIpc) is 2.85. The van der Waals surface area contributed by atoms with Crippen LogP contribution in [0.1, 0.15) is 26.0 Å². The highest BCUT2D eigenvalue weighted by Gasteiger charge is 2.23. The number of carbonyl (C=O) groups is 1. The second kappa shape index (κ2) is 6.82. The molecule has 1 heterocycles. The summed E-state index contributed by atoms with van der Waals surface area (Å²) in [5, 5.41) is 8.63. The Hall–Kier alpha value is -1.80. The van der Waals surface area contributed by atoms with Crippen molar-refractivity contribution in [3.63, 3.8) is 0 Å². The van der Waals surface area contributed by atoms with Crippen LogP contribution in [0.5, 0.6) is 0 Å². The first-order chi connectivity index (χ1) is 8.56. The third-order valence-electron chi connectivity index (χ3n) is 2.91. The number of furan rings is 1. The van der Waals surface area contributed by atoms with Crippen molar-refractivity contribution in [1.29, 1.82) is 5.26 Å². The highest BCUT2D eigenvalue weighted by Crippen LogP contribution is 2.12. The molecule has 1 aromatic heterocycles. The zero-order chi connectivity index (χ0) is 13.5. The maximum atomic E-state index is 12.2. The van der Waals surface area contributed by atoms with Crippen LogP contribution < -0.4 is 5.73 Å². The van der Waals surface area contributed by atoms with Crippen molar-refractivity contribution in [3.05, 3.63) is 24.2 Å². The number of nitrogens with zero attached hydrogens (tertiary/aromatic N) is 2. The monoisotopic (exact) mass is 249 g/mol. The van der Waals surface area contributed by atoms with Gasteiger partial charge in [-0.05, 0) is 19.1 Å². The molecule has 5 nitrogen and oxygen atoms in total. The fourth-order valence-corrected chi connectivity index (χ4v) is 1.56. The largest absolute Gasteiger partial charge is 0.467 e. The lowest BCUT2D eigenvalue weighted by Gasteiger charge is -2.25. The molecule has 0 radical (unpaired) electrons. The van der Waals surface area contributed by atoms with Crippen molar-refractivity contribution in [3.8, 4) is 6.07 Å². The van der Waals surface area contributed by atoms with Gasteiger partial charge < -0.3 is 15.1 Å². The summed E-state index contributed by atoms with van der Waals surface area (Å²) < 4.78 is 5.23. The summed E-state index contributed by atoms with van der Waals surface area (Å²) in [6, 6.07) is 5.42. The predicted molar refractivity (Wildman–Crippen MR) is 67.2 cm³/mol. The van der Waals surface area contributed by atoms with Gasteiger partial charge in [0.2, 0.25) is 5.91 Å². The van der Waals surface area contributed by atoms with E-state index in [1.807, 2.05) is 12.1 Å². The summed E-state index contributed by atoms with van der Waals surface area (Å²) >= 11 is 0. The first kappa shape index (κ1) is 14.3. The molecule has 0 aliphatic heterocycles. The van der Waals surface area contributed by atoms with Crippen LogP contribution >= 0.6 is 0 Å². The van der Waals surface area contributed by atoms with E-state index in [4.69, 9.17) is 15.4 Å². The number of hydrogen-bond donors (Lipinski definition) is 1. The van der Waals surface area contributed by atoms with E-state index in [1.165, 1.54) is 0 Å². The summed E-state index contributed by atoms with van der Waals surface area (Å²) in [6.45, 7) is 4.38. The second-order valence-corrected chi connectivity index (χ2v) is 4.40. The van der Waals surface area contributed by atoms with Gasteiger partial charge in [-0.25, -0.2) is 0 Å². The fourth-order valence-electron chi connectivity index (χ4n) is 1.56. The molecule has 1 aromatic rings. The van der Waals surface area contributed by atoms with E-state index in [-0.39, 0.29) is 17.9 Å². The number of carbonyl (C=O) groups excluding carboxylic acids is 1. The quantitative estimate of drug-likeness (QED) is 0.828. The van der Waals surface area contributed by atoms with Gasteiger partial charge in [-0.1, -0.05) is 6.92 Å². The molecular formula is C13H19N3O2. The van der Waals surface area contributed by atoms with Crippen molar-refractivity contribution in [2.75, 3.05) is 6.54 Å². The van der Waals surface area contributed by atoms with Crippen molar-refractivity contribution in [2.45, 2.75) is 32.9 Å². The Morgan fingerprint density at radius 1 is 1.61 bits per heavy atom. The normalized spacial score (nSPS) is 13.7. The van der Waals surface area contributed by atoms with Crippen LogP contribution in [0, 0.1) is 17.2 Å². The third kappa shape index (κ3) is 3.90. The van der Waals surface area contributed by atoms with E-state index in [0.29, 0.717) is 25.3 Å². The topological polar surface area (TPSA) is 83.3 Å². The molecule has 18 heavy (non-hydrogen) atoms. The predicted octanol–water partition coefficient (Wildman–Crippen LogP) is 1.51. The maximum Gasteiger partial charge on any atom is 0.227 e. The highest BCUT2D eigenvalue weighted by atomic mass is 16.3. The molecule has 0 aromatic carbocycles. The lowest BCUT2D eigenvalue weighted by molar-refractivity contribution is -0.136. The molecule has 5 heteroatoms. The van der Waals surface area contributed by atoms with Gasteiger partial charge >= 0.3 is 0 Å². The Balaban J connectivity index is 2.71. The molecule has 0 saturated carbocycles. The van der Waals surface area contributed by atoms with Gasteiger partial charge in [0.1, 0.15) is 5.76 Å². The summed E-state index contributed by atoms with van der Waals surface area (Å²) in [6.07, 6.45) is 1.87. The zero-order valence-electron chi connectivity index (χ0n) is 10.8. The Kier molecular flexibility index (Phi) is 5.40. The zero-order valence-corrected chi connectivity index (χ0v) is 10.8. The molecule has 0 aliphatic carbocycles. The van der Waals surface area contributed by atoms with Crippen molar-refractivity contribution < 1.29 is 9.21 Å². The summed E-state index contributed by atoms with van der Waals surface area (Å²) in [5.41, 5.74) is 5.74. The van der Waals surface area contributed by atoms with Gasteiger partial charge in [-0.2, -0.15) is 5.26 Å². The minimum atomic E-state index is -0.265. The van der Waals surface area contributed by atoms with Gasteiger partial charge in [0, 0.05) is 12.6 Å². The smallest absolute Gasteiger partial charge is 0.227 e. The number of amides is 1. The molecule has 0 spiro atoms. The summed E-state index contributed by atoms with van der Waals surface area (Å²) in [4.78, 5) is 13.8. The number of rotatable bonds is 6. The second-order valence-electron chi connectivity index (χ2n) is 4.40. The van der Waals surface area contributed by atoms with Crippen LogP contribution in [-0.2, 0) is 11.3 Å². The Bertz CT molecular complexity index is 406. The minimum Gasteiger partial charge on any atom is -0.467 e. The molecule has 1 rings (SSSR count). The van der Waals surface area contributed by atoms with E-state index in [9.17, 15) is 4.79 Å². The van der Waals surface area contributed by atoms with Crippen LogP contribution in [0.2, 0.25) is 0 Å². The average molecular weight is 249 g/mol. The Morgan fingerprint density at radius 2 is 2.33 bits per heavy atom. The van der Waals surface area contributed by atoms with E-state index >= 15 is 0 Å². The van der Waals surface area contributed by atoms with Crippen LogP contribution in [-0.4, -0.2) is 23.4 Å². The SMILES string of the molecule is CC(N)C(C)C(=O)N(CCC#N)Cc1ccco1. The highest BCUT2D eigenvalue weighted by molar-refractivity contribution is 5.79. The number of nitrogens with two attached hydrogens (primary N) is 1. The van der Waals surface area contributed by atoms with Crippen LogP contribution in [0.3, 0.4) is 0 Å². The van der Waals surface area contributed by atoms with Gasteiger partial charge in [-0.3, -0.25) is 4.79 Å².